The number of hydrogen-bond acceptors (Lipinski definition) is 3. The van der Waals surface area contributed by atoms with Crippen molar-refractivity contribution in [1.82, 2.24) is 14.7 Å². The Morgan fingerprint density at radius 2 is 1.89 bits per heavy atom. The molecule has 0 radical (unpaired) electrons. The fraction of sp³-hybridized carbons (Fsp3) is 0.800. The van der Waals surface area contributed by atoms with Crippen molar-refractivity contribution in [2.45, 2.75) is 59.7 Å². The van der Waals surface area contributed by atoms with E-state index in [-0.39, 0.29) is 11.5 Å². The van der Waals surface area contributed by atoms with Gasteiger partial charge in [0.1, 0.15) is 0 Å². The highest BCUT2D eigenvalue weighted by Crippen LogP contribution is 2.29. The van der Waals surface area contributed by atoms with E-state index in [2.05, 4.69) is 64.8 Å². The van der Waals surface area contributed by atoms with Crippen LogP contribution in [0.4, 0.5) is 0 Å². The standard InChI is InChI=1S/C15H30N4/c1-11(2)19-10-13(9-17-19)14(8-16)18(7)12(3)15(4,5)6/h9-12,14H,8,16H2,1-7H3. The smallest absolute Gasteiger partial charge is 0.0538 e. The average molecular weight is 266 g/mol. The van der Waals surface area contributed by atoms with Crippen LogP contribution >= 0.6 is 0 Å². The van der Waals surface area contributed by atoms with Crippen LogP contribution in [0.1, 0.15) is 59.2 Å². The van der Waals surface area contributed by atoms with Crippen molar-refractivity contribution in [2.24, 2.45) is 11.1 Å². The summed E-state index contributed by atoms with van der Waals surface area (Å²) in [6.45, 7) is 13.9. The van der Waals surface area contributed by atoms with E-state index in [1.807, 2.05) is 10.9 Å². The zero-order chi connectivity index (χ0) is 14.8. The summed E-state index contributed by atoms with van der Waals surface area (Å²) in [6.07, 6.45) is 4.07. The van der Waals surface area contributed by atoms with Gasteiger partial charge in [-0.05, 0) is 33.2 Å². The summed E-state index contributed by atoms with van der Waals surface area (Å²) in [6, 6.07) is 1.06. The van der Waals surface area contributed by atoms with E-state index < -0.39 is 0 Å². The van der Waals surface area contributed by atoms with Gasteiger partial charge in [-0.25, -0.2) is 0 Å². The van der Waals surface area contributed by atoms with Crippen molar-refractivity contribution in [2.75, 3.05) is 13.6 Å². The van der Waals surface area contributed by atoms with Gasteiger partial charge in [-0.2, -0.15) is 5.10 Å². The SMILES string of the molecule is CC(C)n1cc(C(CN)N(C)C(C)C(C)(C)C)cn1. The first-order chi connectivity index (χ1) is 8.68. The van der Waals surface area contributed by atoms with Gasteiger partial charge in [-0.3, -0.25) is 9.58 Å². The summed E-state index contributed by atoms with van der Waals surface area (Å²) in [4.78, 5) is 2.36. The van der Waals surface area contributed by atoms with E-state index in [4.69, 9.17) is 5.73 Å². The van der Waals surface area contributed by atoms with Crippen LogP contribution in [-0.2, 0) is 0 Å². The van der Waals surface area contributed by atoms with Crippen molar-refractivity contribution in [3.63, 3.8) is 0 Å². The van der Waals surface area contributed by atoms with E-state index in [9.17, 15) is 0 Å². The summed E-state index contributed by atoms with van der Waals surface area (Å²) in [5.74, 6) is 0. The minimum Gasteiger partial charge on any atom is -0.329 e. The lowest BCUT2D eigenvalue weighted by Gasteiger charge is -2.39. The lowest BCUT2D eigenvalue weighted by molar-refractivity contribution is 0.100. The Kier molecular flexibility index (Phi) is 5.16. The maximum atomic E-state index is 5.99. The molecule has 2 N–H and O–H groups in total. The Morgan fingerprint density at radius 3 is 2.26 bits per heavy atom. The molecule has 0 aliphatic rings. The zero-order valence-electron chi connectivity index (χ0n) is 13.5. The molecular weight excluding hydrogens is 236 g/mol. The largest absolute Gasteiger partial charge is 0.329 e. The number of hydrogen-bond donors (Lipinski definition) is 1. The van der Waals surface area contributed by atoms with Crippen LogP contribution in [0, 0.1) is 5.41 Å². The van der Waals surface area contributed by atoms with Gasteiger partial charge in [-0.1, -0.05) is 20.8 Å². The molecule has 1 rings (SSSR count). The van der Waals surface area contributed by atoms with Crippen LogP contribution in [0.2, 0.25) is 0 Å². The Balaban J connectivity index is 2.93. The van der Waals surface area contributed by atoms with Crippen LogP contribution in [0.3, 0.4) is 0 Å². The number of nitrogens with zero attached hydrogens (tertiary/aromatic N) is 3. The Hall–Kier alpha value is -0.870. The van der Waals surface area contributed by atoms with Crippen molar-refractivity contribution >= 4 is 0 Å². The summed E-state index contributed by atoms with van der Waals surface area (Å²) in [7, 11) is 2.15. The molecule has 0 aromatic carbocycles. The maximum absolute atomic E-state index is 5.99. The summed E-state index contributed by atoms with van der Waals surface area (Å²) >= 11 is 0. The molecule has 0 aliphatic heterocycles. The van der Waals surface area contributed by atoms with Gasteiger partial charge in [0.05, 0.1) is 12.2 Å². The molecule has 1 aromatic rings. The van der Waals surface area contributed by atoms with Crippen molar-refractivity contribution < 1.29 is 0 Å². The van der Waals surface area contributed by atoms with Gasteiger partial charge < -0.3 is 5.73 Å². The van der Waals surface area contributed by atoms with Crippen LogP contribution in [0.25, 0.3) is 0 Å². The predicted octanol–water partition coefficient (Wildman–Crippen LogP) is 2.83. The quantitative estimate of drug-likeness (QED) is 0.891. The second-order valence-electron chi connectivity index (χ2n) is 6.81. The summed E-state index contributed by atoms with van der Waals surface area (Å²) < 4.78 is 1.99. The van der Waals surface area contributed by atoms with Crippen LogP contribution < -0.4 is 5.73 Å². The molecule has 1 heterocycles. The Labute approximate surface area is 118 Å². The van der Waals surface area contributed by atoms with E-state index in [1.54, 1.807) is 0 Å². The minimum absolute atomic E-state index is 0.224. The number of rotatable bonds is 5. The molecule has 0 spiro atoms. The van der Waals surface area contributed by atoms with Gasteiger partial charge >= 0.3 is 0 Å². The molecule has 0 fully saturated rings. The first-order valence-electron chi connectivity index (χ1n) is 7.14. The molecular formula is C15H30N4. The van der Waals surface area contributed by atoms with Crippen LogP contribution in [0.15, 0.2) is 12.4 Å². The second kappa shape index (κ2) is 6.06. The molecule has 2 atom stereocenters. The predicted molar refractivity (Wildman–Crippen MR) is 81.1 cm³/mol. The third kappa shape index (κ3) is 3.80. The normalized spacial score (nSPS) is 16.1. The lowest BCUT2D eigenvalue weighted by atomic mass is 9.86. The lowest BCUT2D eigenvalue weighted by Crippen LogP contribution is -2.43. The highest BCUT2D eigenvalue weighted by Gasteiger charge is 2.29. The van der Waals surface area contributed by atoms with Crippen molar-refractivity contribution in [3.8, 4) is 0 Å². The first-order valence-corrected chi connectivity index (χ1v) is 7.14. The number of nitrogens with two attached hydrogens (primary N) is 1. The van der Waals surface area contributed by atoms with Gasteiger partial charge in [0.2, 0.25) is 0 Å². The molecule has 4 nitrogen and oxygen atoms in total. The average Bonchev–Trinajstić information content (AvgIpc) is 2.77. The Bertz CT molecular complexity index is 389. The van der Waals surface area contributed by atoms with Gasteiger partial charge in [0, 0.05) is 30.4 Å². The van der Waals surface area contributed by atoms with E-state index in [0.29, 0.717) is 18.6 Å². The highest BCUT2D eigenvalue weighted by molar-refractivity contribution is 5.12. The molecule has 0 saturated heterocycles. The minimum atomic E-state index is 0.224. The number of aromatic nitrogens is 2. The van der Waals surface area contributed by atoms with Gasteiger partial charge in [0.15, 0.2) is 0 Å². The topological polar surface area (TPSA) is 47.1 Å². The Morgan fingerprint density at radius 1 is 1.32 bits per heavy atom. The molecule has 0 amide bonds. The van der Waals surface area contributed by atoms with E-state index >= 15 is 0 Å². The summed E-state index contributed by atoms with van der Waals surface area (Å²) in [5.41, 5.74) is 7.43. The first kappa shape index (κ1) is 16.2. The summed E-state index contributed by atoms with van der Waals surface area (Å²) in [5, 5.41) is 4.42. The molecule has 0 bridgehead atoms. The highest BCUT2D eigenvalue weighted by atomic mass is 15.3. The fourth-order valence-electron chi connectivity index (χ4n) is 2.23. The monoisotopic (exact) mass is 266 g/mol. The van der Waals surface area contributed by atoms with Crippen LogP contribution in [0.5, 0.6) is 0 Å². The molecule has 4 heteroatoms. The van der Waals surface area contributed by atoms with Crippen molar-refractivity contribution in [1.29, 1.82) is 0 Å². The molecule has 110 valence electrons. The fourth-order valence-corrected chi connectivity index (χ4v) is 2.23. The third-order valence-corrected chi connectivity index (χ3v) is 4.11. The second-order valence-corrected chi connectivity index (χ2v) is 6.81. The maximum Gasteiger partial charge on any atom is 0.0538 e. The van der Waals surface area contributed by atoms with Crippen LogP contribution in [-0.4, -0.2) is 34.3 Å². The van der Waals surface area contributed by atoms with E-state index in [0.717, 1.165) is 0 Å². The van der Waals surface area contributed by atoms with Crippen molar-refractivity contribution in [3.05, 3.63) is 18.0 Å². The number of likely N-dealkylation sites (N-methyl/N-ethyl adjacent to an activating group) is 1. The molecule has 2 unspecified atom stereocenters. The molecule has 0 saturated carbocycles. The molecule has 1 aromatic heterocycles. The van der Waals surface area contributed by atoms with Gasteiger partial charge in [0.25, 0.3) is 0 Å². The molecule has 19 heavy (non-hydrogen) atoms. The third-order valence-electron chi connectivity index (χ3n) is 4.11. The van der Waals surface area contributed by atoms with Gasteiger partial charge in [-0.15, -0.1) is 0 Å². The molecule has 0 aliphatic carbocycles. The zero-order valence-corrected chi connectivity index (χ0v) is 13.5. The van der Waals surface area contributed by atoms with E-state index in [1.165, 1.54) is 5.56 Å².